The SMILES string of the molecule is COc1ccc(C(N)c2cc(Br)c(F)cc2OC)c(F)c1. The third-order valence-corrected chi connectivity index (χ3v) is 3.76. The van der Waals surface area contributed by atoms with Gasteiger partial charge in [0.1, 0.15) is 23.1 Å². The van der Waals surface area contributed by atoms with Crippen LogP contribution in [0.1, 0.15) is 17.2 Å². The van der Waals surface area contributed by atoms with E-state index >= 15 is 0 Å². The molecule has 0 saturated carbocycles. The zero-order valence-corrected chi connectivity index (χ0v) is 13.1. The molecule has 1 unspecified atom stereocenters. The number of hydrogen-bond acceptors (Lipinski definition) is 3. The van der Waals surface area contributed by atoms with E-state index in [1.165, 1.54) is 38.5 Å². The van der Waals surface area contributed by atoms with Crippen molar-refractivity contribution in [3.8, 4) is 11.5 Å². The molecule has 0 bridgehead atoms. The first-order valence-electron chi connectivity index (χ1n) is 6.10. The molecule has 0 heterocycles. The van der Waals surface area contributed by atoms with E-state index in [1.54, 1.807) is 6.07 Å². The summed E-state index contributed by atoms with van der Waals surface area (Å²) < 4.78 is 37.9. The van der Waals surface area contributed by atoms with Crippen molar-refractivity contribution in [1.82, 2.24) is 0 Å². The third-order valence-electron chi connectivity index (χ3n) is 3.15. The van der Waals surface area contributed by atoms with Crippen LogP contribution in [-0.4, -0.2) is 14.2 Å². The first-order valence-corrected chi connectivity index (χ1v) is 6.89. The van der Waals surface area contributed by atoms with Crippen LogP contribution in [0.5, 0.6) is 11.5 Å². The molecule has 21 heavy (non-hydrogen) atoms. The van der Waals surface area contributed by atoms with E-state index in [4.69, 9.17) is 15.2 Å². The topological polar surface area (TPSA) is 44.5 Å². The van der Waals surface area contributed by atoms with Gasteiger partial charge in [-0.1, -0.05) is 6.07 Å². The molecule has 112 valence electrons. The number of rotatable bonds is 4. The Morgan fingerprint density at radius 1 is 1.00 bits per heavy atom. The number of benzene rings is 2. The standard InChI is InChI=1S/C15H14BrF2NO2/c1-20-8-3-4-9(12(17)5-8)15(19)10-6-11(16)13(18)7-14(10)21-2/h3-7,15H,19H2,1-2H3. The summed E-state index contributed by atoms with van der Waals surface area (Å²) in [5, 5.41) is 0. The smallest absolute Gasteiger partial charge is 0.141 e. The molecule has 2 N–H and O–H groups in total. The van der Waals surface area contributed by atoms with Gasteiger partial charge in [-0.25, -0.2) is 8.78 Å². The lowest BCUT2D eigenvalue weighted by atomic mass is 9.98. The molecule has 0 aromatic heterocycles. The van der Waals surface area contributed by atoms with Gasteiger partial charge in [0, 0.05) is 23.3 Å². The molecule has 2 aromatic rings. The lowest BCUT2D eigenvalue weighted by Gasteiger charge is -2.18. The van der Waals surface area contributed by atoms with Crippen molar-refractivity contribution in [2.75, 3.05) is 14.2 Å². The fraction of sp³-hybridized carbons (Fsp3) is 0.200. The predicted octanol–water partition coefficient (Wildman–Crippen LogP) is 3.79. The molecule has 2 rings (SSSR count). The molecule has 0 amide bonds. The second-order valence-corrected chi connectivity index (χ2v) is 5.23. The summed E-state index contributed by atoms with van der Waals surface area (Å²) in [5.41, 5.74) is 6.85. The Hall–Kier alpha value is -1.66. The van der Waals surface area contributed by atoms with Crippen LogP contribution in [0.25, 0.3) is 0 Å². The normalized spacial score (nSPS) is 12.1. The Morgan fingerprint density at radius 3 is 2.29 bits per heavy atom. The monoisotopic (exact) mass is 357 g/mol. The van der Waals surface area contributed by atoms with Crippen LogP contribution in [0.2, 0.25) is 0 Å². The minimum Gasteiger partial charge on any atom is -0.497 e. The Kier molecular flexibility index (Phi) is 4.80. The molecular formula is C15H14BrF2NO2. The van der Waals surface area contributed by atoms with Crippen LogP contribution in [-0.2, 0) is 0 Å². The van der Waals surface area contributed by atoms with Gasteiger partial charge in [0.25, 0.3) is 0 Å². The first kappa shape index (κ1) is 15.7. The molecule has 0 saturated heterocycles. The molecule has 6 heteroatoms. The average molecular weight is 358 g/mol. The summed E-state index contributed by atoms with van der Waals surface area (Å²) in [6.07, 6.45) is 0. The van der Waals surface area contributed by atoms with Gasteiger partial charge in [0.2, 0.25) is 0 Å². The number of hydrogen-bond donors (Lipinski definition) is 1. The van der Waals surface area contributed by atoms with Crippen molar-refractivity contribution in [3.63, 3.8) is 0 Å². The highest BCUT2D eigenvalue weighted by Crippen LogP contribution is 2.34. The summed E-state index contributed by atoms with van der Waals surface area (Å²) in [6.45, 7) is 0. The zero-order valence-electron chi connectivity index (χ0n) is 11.5. The van der Waals surface area contributed by atoms with Crippen molar-refractivity contribution < 1.29 is 18.3 Å². The molecule has 0 radical (unpaired) electrons. The van der Waals surface area contributed by atoms with E-state index in [-0.39, 0.29) is 15.8 Å². The maximum absolute atomic E-state index is 14.1. The van der Waals surface area contributed by atoms with E-state index in [9.17, 15) is 8.78 Å². The number of nitrogens with two attached hydrogens (primary N) is 1. The number of methoxy groups -OCH3 is 2. The number of ether oxygens (including phenoxy) is 2. The van der Waals surface area contributed by atoms with Crippen molar-refractivity contribution in [1.29, 1.82) is 0 Å². The molecule has 1 atom stereocenters. The van der Waals surface area contributed by atoms with Crippen molar-refractivity contribution >= 4 is 15.9 Å². The van der Waals surface area contributed by atoms with Crippen molar-refractivity contribution in [3.05, 3.63) is 57.6 Å². The second kappa shape index (κ2) is 6.41. The van der Waals surface area contributed by atoms with E-state index in [0.29, 0.717) is 11.3 Å². The lowest BCUT2D eigenvalue weighted by molar-refractivity contribution is 0.402. The van der Waals surface area contributed by atoms with Gasteiger partial charge < -0.3 is 15.2 Å². The van der Waals surface area contributed by atoms with Crippen molar-refractivity contribution in [2.45, 2.75) is 6.04 Å². The van der Waals surface area contributed by atoms with Crippen LogP contribution < -0.4 is 15.2 Å². The van der Waals surface area contributed by atoms with Gasteiger partial charge in [0.15, 0.2) is 0 Å². The summed E-state index contributed by atoms with van der Waals surface area (Å²) >= 11 is 3.09. The van der Waals surface area contributed by atoms with E-state index in [0.717, 1.165) is 0 Å². The van der Waals surface area contributed by atoms with E-state index in [2.05, 4.69) is 15.9 Å². The minimum absolute atomic E-state index is 0.239. The number of halogens is 3. The second-order valence-electron chi connectivity index (χ2n) is 4.37. The maximum Gasteiger partial charge on any atom is 0.141 e. The van der Waals surface area contributed by atoms with Crippen LogP contribution in [0.4, 0.5) is 8.78 Å². The van der Waals surface area contributed by atoms with Gasteiger partial charge in [-0.15, -0.1) is 0 Å². The highest BCUT2D eigenvalue weighted by Gasteiger charge is 2.20. The van der Waals surface area contributed by atoms with E-state index in [1.807, 2.05) is 0 Å². The molecule has 3 nitrogen and oxygen atoms in total. The molecule has 0 aliphatic heterocycles. The Labute approximate surface area is 129 Å². The third kappa shape index (κ3) is 3.16. The highest BCUT2D eigenvalue weighted by atomic mass is 79.9. The Morgan fingerprint density at radius 2 is 1.71 bits per heavy atom. The van der Waals surface area contributed by atoms with Crippen LogP contribution in [0.15, 0.2) is 34.8 Å². The summed E-state index contributed by atoms with van der Waals surface area (Å²) in [7, 11) is 2.86. The Balaban J connectivity index is 2.49. The predicted molar refractivity (Wildman–Crippen MR) is 79.6 cm³/mol. The van der Waals surface area contributed by atoms with Crippen LogP contribution in [0.3, 0.4) is 0 Å². The van der Waals surface area contributed by atoms with Gasteiger partial charge in [-0.2, -0.15) is 0 Å². The zero-order chi connectivity index (χ0) is 15.6. The largest absolute Gasteiger partial charge is 0.497 e. The van der Waals surface area contributed by atoms with E-state index < -0.39 is 17.7 Å². The quantitative estimate of drug-likeness (QED) is 0.905. The van der Waals surface area contributed by atoms with Crippen LogP contribution in [0, 0.1) is 11.6 Å². The molecule has 0 aliphatic rings. The van der Waals surface area contributed by atoms with Gasteiger partial charge in [0.05, 0.1) is 24.7 Å². The first-order chi connectivity index (χ1) is 9.97. The molecule has 0 fully saturated rings. The van der Waals surface area contributed by atoms with Gasteiger partial charge in [-0.05, 0) is 28.1 Å². The highest BCUT2D eigenvalue weighted by molar-refractivity contribution is 9.10. The lowest BCUT2D eigenvalue weighted by Crippen LogP contribution is -2.15. The minimum atomic E-state index is -0.789. The fourth-order valence-corrected chi connectivity index (χ4v) is 2.38. The van der Waals surface area contributed by atoms with Crippen LogP contribution >= 0.6 is 15.9 Å². The Bertz CT molecular complexity index is 664. The summed E-state index contributed by atoms with van der Waals surface area (Å²) in [4.78, 5) is 0. The van der Waals surface area contributed by atoms with Gasteiger partial charge >= 0.3 is 0 Å². The molecular weight excluding hydrogens is 344 g/mol. The fourth-order valence-electron chi connectivity index (χ4n) is 2.02. The average Bonchev–Trinajstić information content (AvgIpc) is 2.48. The summed E-state index contributed by atoms with van der Waals surface area (Å²) in [5.74, 6) is -0.309. The van der Waals surface area contributed by atoms with Crippen molar-refractivity contribution in [2.24, 2.45) is 5.73 Å². The molecule has 0 spiro atoms. The molecule has 2 aromatic carbocycles. The summed E-state index contributed by atoms with van der Waals surface area (Å²) in [6, 6.07) is 6.31. The van der Waals surface area contributed by atoms with Gasteiger partial charge in [-0.3, -0.25) is 0 Å². The molecule has 0 aliphatic carbocycles. The maximum atomic E-state index is 14.1.